The number of fused-ring (bicyclic) bond motifs is 3. The number of morpholine rings is 1. The maximum atomic E-state index is 11.6. The van der Waals surface area contributed by atoms with E-state index < -0.39 is 0 Å². The first-order valence-corrected chi connectivity index (χ1v) is 13.9. The lowest BCUT2D eigenvalue weighted by molar-refractivity contribution is -0.140. The molecule has 2 aromatic carbocycles. The van der Waals surface area contributed by atoms with Crippen LogP contribution in [0.4, 0.5) is 5.82 Å². The molecule has 204 valence electrons. The Labute approximate surface area is 231 Å². The van der Waals surface area contributed by atoms with Crippen molar-refractivity contribution in [3.63, 3.8) is 0 Å². The van der Waals surface area contributed by atoms with Gasteiger partial charge in [-0.25, -0.2) is 9.50 Å². The van der Waals surface area contributed by atoms with Gasteiger partial charge in [0.15, 0.2) is 5.82 Å². The number of aryl methyl sites for hydroxylation is 1. The fourth-order valence-electron chi connectivity index (χ4n) is 6.05. The van der Waals surface area contributed by atoms with Crippen LogP contribution in [0, 0.1) is 0 Å². The molecule has 5 aromatic rings. The molecular formula is C30H32N8O2. The molecule has 5 heterocycles. The van der Waals surface area contributed by atoms with Gasteiger partial charge >= 0.3 is 0 Å². The summed E-state index contributed by atoms with van der Waals surface area (Å²) in [6.45, 7) is 3.64. The standard InChI is InChI=1S/C30H32N8O2/c31-30-29-24(21-8-9-22-16-37(35-26(22)13-21)15-20-5-2-1-3-6-20)14-23(38(29)33-19-32-30)7-4-11-36-12-10-25-27(17-36)40-18-28(39)34-25/h1-3,5-6,8-9,13-14,16,19,25,27H,4,7,10-12,15,17-18H2,(H,34,39)(H2,31,32,33)/t25-,27-/m1/s1. The van der Waals surface area contributed by atoms with Crippen LogP contribution in [0.5, 0.6) is 0 Å². The van der Waals surface area contributed by atoms with Gasteiger partial charge < -0.3 is 20.7 Å². The van der Waals surface area contributed by atoms with Crippen LogP contribution in [0.25, 0.3) is 27.5 Å². The number of piperidine rings is 1. The molecule has 10 heteroatoms. The number of likely N-dealkylation sites (tertiary alicyclic amines) is 1. The van der Waals surface area contributed by atoms with E-state index in [0.717, 1.165) is 78.7 Å². The maximum Gasteiger partial charge on any atom is 0.246 e. The molecule has 0 saturated carbocycles. The number of nitrogens with zero attached hydrogens (tertiary/aromatic N) is 6. The first kappa shape index (κ1) is 24.7. The van der Waals surface area contributed by atoms with Gasteiger partial charge in [0.05, 0.1) is 24.2 Å². The van der Waals surface area contributed by atoms with Gasteiger partial charge in [-0.05, 0) is 49.1 Å². The Morgan fingerprint density at radius 1 is 1.12 bits per heavy atom. The molecule has 7 rings (SSSR count). The van der Waals surface area contributed by atoms with E-state index in [4.69, 9.17) is 15.6 Å². The number of ether oxygens (including phenoxy) is 1. The average Bonchev–Trinajstić information content (AvgIpc) is 3.55. The number of carbonyl (C=O) groups is 1. The summed E-state index contributed by atoms with van der Waals surface area (Å²) >= 11 is 0. The number of anilines is 1. The second-order valence-electron chi connectivity index (χ2n) is 10.8. The number of nitrogens with two attached hydrogens (primary N) is 1. The molecule has 0 bridgehead atoms. The maximum absolute atomic E-state index is 11.6. The number of nitrogens with one attached hydrogen (secondary N) is 1. The second kappa shape index (κ2) is 10.4. The predicted molar refractivity (Wildman–Crippen MR) is 153 cm³/mol. The predicted octanol–water partition coefficient (Wildman–Crippen LogP) is 2.90. The highest BCUT2D eigenvalue weighted by Gasteiger charge is 2.34. The van der Waals surface area contributed by atoms with Crippen molar-refractivity contribution >= 4 is 28.1 Å². The third-order valence-corrected chi connectivity index (χ3v) is 8.04. The van der Waals surface area contributed by atoms with Crippen LogP contribution >= 0.6 is 0 Å². The SMILES string of the molecule is Nc1ncnn2c(CCCN3CC[C@H]4NC(=O)CO[C@@H]4C3)cc(-c3ccc4cn(Cc5ccccc5)nc4c3)c12. The Balaban J connectivity index is 1.10. The fourth-order valence-corrected chi connectivity index (χ4v) is 6.05. The van der Waals surface area contributed by atoms with Crippen LogP contribution in [0.15, 0.2) is 67.1 Å². The van der Waals surface area contributed by atoms with E-state index in [-0.39, 0.29) is 24.7 Å². The van der Waals surface area contributed by atoms with Crippen molar-refractivity contribution < 1.29 is 9.53 Å². The van der Waals surface area contributed by atoms with Crippen molar-refractivity contribution in [2.45, 2.75) is 38.0 Å². The van der Waals surface area contributed by atoms with Crippen LogP contribution in [0.1, 0.15) is 24.1 Å². The van der Waals surface area contributed by atoms with E-state index in [9.17, 15) is 4.79 Å². The molecule has 3 N–H and O–H groups in total. The Kier molecular flexibility index (Phi) is 6.41. The summed E-state index contributed by atoms with van der Waals surface area (Å²) in [7, 11) is 0. The molecule has 0 aliphatic carbocycles. The van der Waals surface area contributed by atoms with Gasteiger partial charge in [0.25, 0.3) is 0 Å². The molecule has 3 aromatic heterocycles. The number of aromatic nitrogens is 5. The number of benzene rings is 2. The molecule has 0 spiro atoms. The number of hydrogen-bond donors (Lipinski definition) is 2. The Bertz CT molecular complexity index is 1680. The molecule has 1 amide bonds. The first-order chi connectivity index (χ1) is 19.6. The van der Waals surface area contributed by atoms with E-state index in [1.807, 2.05) is 27.4 Å². The van der Waals surface area contributed by atoms with Crippen LogP contribution in [0.2, 0.25) is 0 Å². The molecular weight excluding hydrogens is 504 g/mol. The highest BCUT2D eigenvalue weighted by molar-refractivity contribution is 5.92. The average molecular weight is 537 g/mol. The zero-order chi connectivity index (χ0) is 27.1. The van der Waals surface area contributed by atoms with Gasteiger partial charge in [0, 0.05) is 35.9 Å². The zero-order valence-corrected chi connectivity index (χ0v) is 22.2. The molecule has 2 atom stereocenters. The van der Waals surface area contributed by atoms with Gasteiger partial charge in [-0.15, -0.1) is 0 Å². The Morgan fingerprint density at radius 2 is 2.02 bits per heavy atom. The quantitative estimate of drug-likeness (QED) is 0.329. The number of hydrogen-bond acceptors (Lipinski definition) is 7. The van der Waals surface area contributed by atoms with E-state index in [1.165, 1.54) is 11.9 Å². The van der Waals surface area contributed by atoms with Crippen LogP contribution in [-0.2, 0) is 22.5 Å². The van der Waals surface area contributed by atoms with Gasteiger partial charge in [0.2, 0.25) is 5.91 Å². The Hall–Kier alpha value is -4.28. The summed E-state index contributed by atoms with van der Waals surface area (Å²) < 4.78 is 9.70. The van der Waals surface area contributed by atoms with Crippen molar-refractivity contribution in [2.24, 2.45) is 0 Å². The fraction of sp³-hybridized carbons (Fsp3) is 0.333. The number of carbonyl (C=O) groups excluding carboxylic acids is 1. The summed E-state index contributed by atoms with van der Waals surface area (Å²) in [6, 6.07) is 19.0. The molecule has 0 unspecified atom stereocenters. The van der Waals surface area contributed by atoms with Crippen molar-refractivity contribution in [3.8, 4) is 11.1 Å². The van der Waals surface area contributed by atoms with Crippen molar-refractivity contribution in [1.82, 2.24) is 34.6 Å². The zero-order valence-electron chi connectivity index (χ0n) is 22.2. The van der Waals surface area contributed by atoms with Gasteiger partial charge in [-0.1, -0.05) is 42.5 Å². The summed E-state index contributed by atoms with van der Waals surface area (Å²) in [4.78, 5) is 18.3. The summed E-state index contributed by atoms with van der Waals surface area (Å²) in [6.07, 6.45) is 6.43. The minimum Gasteiger partial charge on any atom is -0.382 e. The lowest BCUT2D eigenvalue weighted by atomic mass is 10.00. The minimum absolute atomic E-state index is 0.00781. The van der Waals surface area contributed by atoms with Gasteiger partial charge in [-0.3, -0.25) is 9.48 Å². The molecule has 2 fully saturated rings. The second-order valence-corrected chi connectivity index (χ2v) is 10.8. The Morgan fingerprint density at radius 3 is 2.92 bits per heavy atom. The smallest absolute Gasteiger partial charge is 0.246 e. The molecule has 2 aliphatic heterocycles. The van der Waals surface area contributed by atoms with Crippen LogP contribution < -0.4 is 11.1 Å². The summed E-state index contributed by atoms with van der Waals surface area (Å²) in [5.74, 6) is 0.455. The highest BCUT2D eigenvalue weighted by atomic mass is 16.5. The first-order valence-electron chi connectivity index (χ1n) is 13.9. The molecule has 0 radical (unpaired) electrons. The van der Waals surface area contributed by atoms with Crippen molar-refractivity contribution in [2.75, 3.05) is 32.0 Å². The van der Waals surface area contributed by atoms with E-state index in [2.05, 4.69) is 62.9 Å². The van der Waals surface area contributed by atoms with E-state index in [0.29, 0.717) is 5.82 Å². The lowest BCUT2D eigenvalue weighted by Gasteiger charge is -2.41. The normalized spacial score (nSPS) is 19.6. The number of nitrogen functional groups attached to an aromatic ring is 1. The van der Waals surface area contributed by atoms with E-state index >= 15 is 0 Å². The van der Waals surface area contributed by atoms with Gasteiger partial charge in [0.1, 0.15) is 18.5 Å². The molecule has 40 heavy (non-hydrogen) atoms. The van der Waals surface area contributed by atoms with Crippen LogP contribution in [-0.4, -0.2) is 73.6 Å². The third-order valence-electron chi connectivity index (χ3n) is 8.04. The summed E-state index contributed by atoms with van der Waals surface area (Å²) in [5, 5.41) is 13.6. The topological polar surface area (TPSA) is 116 Å². The number of amides is 1. The molecule has 10 nitrogen and oxygen atoms in total. The molecule has 2 saturated heterocycles. The minimum atomic E-state index is -0.00781. The molecule has 2 aliphatic rings. The largest absolute Gasteiger partial charge is 0.382 e. The highest BCUT2D eigenvalue weighted by Crippen LogP contribution is 2.32. The summed E-state index contributed by atoms with van der Waals surface area (Å²) in [5.41, 5.74) is 12.5. The van der Waals surface area contributed by atoms with Crippen LogP contribution in [0.3, 0.4) is 0 Å². The third kappa shape index (κ3) is 4.80. The lowest BCUT2D eigenvalue weighted by Crippen LogP contribution is -2.59. The van der Waals surface area contributed by atoms with Crippen molar-refractivity contribution in [3.05, 3.63) is 78.4 Å². The van der Waals surface area contributed by atoms with Gasteiger partial charge in [-0.2, -0.15) is 10.2 Å². The van der Waals surface area contributed by atoms with E-state index in [1.54, 1.807) is 0 Å². The monoisotopic (exact) mass is 536 g/mol. The number of rotatable bonds is 7. The van der Waals surface area contributed by atoms with Crippen molar-refractivity contribution in [1.29, 1.82) is 0 Å².